The van der Waals surface area contributed by atoms with Crippen LogP contribution in [0.15, 0.2) is 72.8 Å². The molecule has 0 saturated carbocycles. The number of nitrogens with zero attached hydrogens (tertiary/aromatic N) is 1. The number of nitrogens with one attached hydrogen (secondary N) is 1. The number of carboxylic acids is 1. The first-order chi connectivity index (χ1) is 21.2. The Balaban J connectivity index is 1.35. The number of amides is 1. The highest BCUT2D eigenvalue weighted by Crippen LogP contribution is 2.44. The van der Waals surface area contributed by atoms with Crippen LogP contribution in [0.25, 0.3) is 11.1 Å². The maximum absolute atomic E-state index is 13.6. The maximum atomic E-state index is 13.6. The lowest BCUT2D eigenvalue weighted by atomic mass is 9.95. The molecule has 3 aromatic rings. The summed E-state index contributed by atoms with van der Waals surface area (Å²) >= 11 is 0. The quantitative estimate of drug-likeness (QED) is 0.299. The van der Waals surface area contributed by atoms with Crippen LogP contribution in [-0.2, 0) is 25.6 Å². The fourth-order valence-corrected chi connectivity index (χ4v) is 5.79. The van der Waals surface area contributed by atoms with Crippen molar-refractivity contribution in [1.82, 2.24) is 10.2 Å². The minimum Gasteiger partial charge on any atom is -0.480 e. The summed E-state index contributed by atoms with van der Waals surface area (Å²) in [4.78, 5) is 40.7. The molecule has 3 aromatic carbocycles. The molecule has 0 bridgehead atoms. The number of hydrogen-bond acceptors (Lipinski definition) is 7. The summed E-state index contributed by atoms with van der Waals surface area (Å²) in [6, 6.07) is 19.3. The molecule has 45 heavy (non-hydrogen) atoms. The van der Waals surface area contributed by atoms with Crippen molar-refractivity contribution in [2.45, 2.75) is 63.2 Å². The molecule has 0 radical (unpaired) electrons. The van der Waals surface area contributed by atoms with E-state index in [1.54, 1.807) is 20.8 Å². The molecule has 2 unspecified atom stereocenters. The van der Waals surface area contributed by atoms with E-state index in [4.69, 9.17) is 9.47 Å². The van der Waals surface area contributed by atoms with Gasteiger partial charge in [-0.05, 0) is 60.7 Å². The van der Waals surface area contributed by atoms with Crippen molar-refractivity contribution in [3.8, 4) is 16.9 Å². The summed E-state index contributed by atoms with van der Waals surface area (Å²) in [6.45, 7) is 4.44. The Labute approximate surface area is 257 Å². The Hall–Kier alpha value is -4.58. The molecule has 1 heterocycles. The van der Waals surface area contributed by atoms with Crippen LogP contribution >= 0.6 is 0 Å². The fraction of sp³-hybridized carbons (Fsp3) is 0.364. The largest absolute Gasteiger partial charge is 0.573 e. The predicted molar refractivity (Wildman–Crippen MR) is 156 cm³/mol. The zero-order chi connectivity index (χ0) is 32.6. The van der Waals surface area contributed by atoms with Crippen LogP contribution in [0.5, 0.6) is 5.75 Å². The van der Waals surface area contributed by atoms with Crippen LogP contribution in [0.3, 0.4) is 0 Å². The summed E-state index contributed by atoms with van der Waals surface area (Å²) in [5.41, 5.74) is 1.82. The lowest BCUT2D eigenvalue weighted by molar-refractivity contribution is -0.274. The van der Waals surface area contributed by atoms with Crippen molar-refractivity contribution in [2.75, 3.05) is 13.2 Å². The highest BCUT2D eigenvalue weighted by molar-refractivity contribution is 5.88. The number of carbonyl (C=O) groups excluding carboxylic acids is 2. The number of rotatable bonds is 8. The third-order valence-corrected chi connectivity index (χ3v) is 7.80. The van der Waals surface area contributed by atoms with E-state index in [1.807, 2.05) is 48.5 Å². The molecule has 2 aliphatic rings. The van der Waals surface area contributed by atoms with E-state index in [1.165, 1.54) is 12.1 Å². The molecular weight excluding hydrogens is 593 g/mol. The number of ether oxygens (including phenoxy) is 3. The van der Waals surface area contributed by atoms with Crippen LogP contribution in [0, 0.1) is 0 Å². The van der Waals surface area contributed by atoms with Gasteiger partial charge in [0.2, 0.25) is 0 Å². The number of benzene rings is 3. The molecule has 238 valence electrons. The smallest absolute Gasteiger partial charge is 0.480 e. The van der Waals surface area contributed by atoms with Crippen molar-refractivity contribution in [1.29, 1.82) is 0 Å². The average molecular weight is 627 g/mol. The summed E-state index contributed by atoms with van der Waals surface area (Å²) in [7, 11) is 0. The molecule has 2 atom stereocenters. The van der Waals surface area contributed by atoms with E-state index in [2.05, 4.69) is 10.1 Å². The Bertz CT molecular complexity index is 1540. The minimum absolute atomic E-state index is 0.0375. The molecule has 12 heteroatoms. The zero-order valence-electron chi connectivity index (χ0n) is 24.9. The van der Waals surface area contributed by atoms with E-state index in [-0.39, 0.29) is 25.5 Å². The third-order valence-electron chi connectivity index (χ3n) is 7.80. The number of fused-ring (bicyclic) bond motifs is 3. The molecule has 1 saturated heterocycles. The van der Waals surface area contributed by atoms with Gasteiger partial charge in [-0.3, -0.25) is 15.0 Å². The minimum atomic E-state index is -4.85. The predicted octanol–water partition coefficient (Wildman–Crippen LogP) is 5.86. The number of carboxylic acid groups (broad SMARTS) is 1. The Morgan fingerprint density at radius 2 is 1.51 bits per heavy atom. The maximum Gasteiger partial charge on any atom is 0.573 e. The Morgan fingerprint density at radius 1 is 0.933 bits per heavy atom. The molecule has 1 fully saturated rings. The second-order valence-corrected chi connectivity index (χ2v) is 12.1. The average Bonchev–Trinajstić information content (AvgIpc) is 3.52. The van der Waals surface area contributed by atoms with Gasteiger partial charge >= 0.3 is 24.4 Å². The van der Waals surface area contributed by atoms with Crippen molar-refractivity contribution in [2.24, 2.45) is 0 Å². The highest BCUT2D eigenvalue weighted by atomic mass is 19.4. The first-order valence-electron chi connectivity index (χ1n) is 14.3. The summed E-state index contributed by atoms with van der Waals surface area (Å²) in [5, 5.41) is 13.2. The zero-order valence-corrected chi connectivity index (χ0v) is 24.9. The Kier molecular flexibility index (Phi) is 8.54. The number of likely N-dealkylation sites (tertiary alicyclic amines) is 1. The summed E-state index contributed by atoms with van der Waals surface area (Å²) in [5.74, 6) is -2.78. The van der Waals surface area contributed by atoms with Crippen LogP contribution in [0.2, 0.25) is 0 Å². The number of halogens is 3. The van der Waals surface area contributed by atoms with Crippen molar-refractivity contribution in [3.63, 3.8) is 0 Å². The SMILES string of the molecule is CC(C)(C)OC(=O)C1CC(NCc2ccc(OC(F)(F)F)cc2)(C(=O)O)CN1C(=O)OCC1c2ccccc2-c2ccccc21. The molecule has 1 aliphatic carbocycles. The molecule has 5 rings (SSSR count). The van der Waals surface area contributed by atoms with E-state index in [0.29, 0.717) is 5.56 Å². The molecule has 1 aliphatic heterocycles. The molecule has 1 amide bonds. The second kappa shape index (κ2) is 12.1. The van der Waals surface area contributed by atoms with E-state index in [9.17, 15) is 32.7 Å². The summed E-state index contributed by atoms with van der Waals surface area (Å²) in [6.07, 6.45) is -6.04. The van der Waals surface area contributed by atoms with E-state index in [0.717, 1.165) is 39.3 Å². The van der Waals surface area contributed by atoms with Gasteiger partial charge in [0.05, 0.1) is 6.54 Å². The van der Waals surface area contributed by atoms with Crippen molar-refractivity contribution >= 4 is 18.0 Å². The van der Waals surface area contributed by atoms with E-state index < -0.39 is 53.9 Å². The molecule has 9 nitrogen and oxygen atoms in total. The molecule has 0 spiro atoms. The standard InChI is InChI=1S/C33H33F3N2O7/c1-31(2,3)45-28(39)27-16-32(29(40)41,37-17-20-12-14-21(15-13-20)44-33(34,35)36)19-38(27)30(42)43-18-26-24-10-6-4-8-22(24)23-9-5-7-11-25(23)26/h4-15,26-27,37H,16-19H2,1-3H3,(H,40,41). The fourth-order valence-electron chi connectivity index (χ4n) is 5.79. The van der Waals surface area contributed by atoms with Crippen LogP contribution in [0.1, 0.15) is 49.8 Å². The lowest BCUT2D eigenvalue weighted by Gasteiger charge is -2.27. The Morgan fingerprint density at radius 3 is 2.04 bits per heavy atom. The van der Waals surface area contributed by atoms with Crippen LogP contribution in [-0.4, -0.2) is 64.7 Å². The second-order valence-electron chi connectivity index (χ2n) is 12.1. The van der Waals surface area contributed by atoms with E-state index >= 15 is 0 Å². The normalized spacial score (nSPS) is 19.5. The first kappa shape index (κ1) is 31.8. The number of aliphatic carboxylic acids is 1. The van der Waals surface area contributed by atoms with Crippen molar-refractivity contribution in [3.05, 3.63) is 89.5 Å². The van der Waals surface area contributed by atoms with Gasteiger partial charge in [0.15, 0.2) is 0 Å². The van der Waals surface area contributed by atoms with Gasteiger partial charge < -0.3 is 19.3 Å². The lowest BCUT2D eigenvalue weighted by Crippen LogP contribution is -2.54. The van der Waals surface area contributed by atoms with Crippen LogP contribution in [0.4, 0.5) is 18.0 Å². The monoisotopic (exact) mass is 626 g/mol. The number of alkyl halides is 3. The molecular formula is C33H33F3N2O7. The topological polar surface area (TPSA) is 114 Å². The first-order valence-corrected chi connectivity index (χ1v) is 14.3. The van der Waals surface area contributed by atoms with Gasteiger partial charge in [-0.25, -0.2) is 9.59 Å². The highest BCUT2D eigenvalue weighted by Gasteiger charge is 2.55. The number of esters is 1. The van der Waals surface area contributed by atoms with Gasteiger partial charge in [0, 0.05) is 18.9 Å². The number of carbonyl (C=O) groups is 3. The summed E-state index contributed by atoms with van der Waals surface area (Å²) < 4.78 is 52.8. The van der Waals surface area contributed by atoms with Gasteiger partial charge in [0.25, 0.3) is 0 Å². The molecule has 0 aromatic heterocycles. The van der Waals surface area contributed by atoms with Gasteiger partial charge in [0.1, 0.15) is 29.5 Å². The third kappa shape index (κ3) is 7.06. The van der Waals surface area contributed by atoms with Gasteiger partial charge in [-0.1, -0.05) is 60.7 Å². The molecule has 2 N–H and O–H groups in total. The van der Waals surface area contributed by atoms with Crippen LogP contribution < -0.4 is 10.1 Å². The van der Waals surface area contributed by atoms with Gasteiger partial charge in [-0.2, -0.15) is 0 Å². The van der Waals surface area contributed by atoms with Gasteiger partial charge in [-0.15, -0.1) is 13.2 Å². The number of hydrogen-bond donors (Lipinski definition) is 2. The van der Waals surface area contributed by atoms with Crippen molar-refractivity contribution < 1.29 is 46.9 Å².